The number of aliphatic hydroxyl groups excluding tert-OH is 1. The van der Waals surface area contributed by atoms with Crippen molar-refractivity contribution in [3.63, 3.8) is 0 Å². The van der Waals surface area contributed by atoms with Crippen LogP contribution in [0.2, 0.25) is 0 Å². The van der Waals surface area contributed by atoms with Gasteiger partial charge in [-0.1, -0.05) is 6.92 Å². The van der Waals surface area contributed by atoms with Crippen molar-refractivity contribution in [2.75, 3.05) is 5.75 Å². The third kappa shape index (κ3) is 3.10. The van der Waals surface area contributed by atoms with E-state index in [4.69, 9.17) is 4.74 Å². The number of esters is 1. The summed E-state index contributed by atoms with van der Waals surface area (Å²) in [5, 5.41) is 19.2. The number of hydrogen-bond acceptors (Lipinski definition) is 6. The first-order valence-electron chi connectivity index (χ1n) is 7.47. The standard InChI is InChI=1S/C15H21NO6S/c1-6(2)22-9(18)5-23-13-7(3)11-10(8(4)17)14(19)16(11)12(13)15(20)21/h6-8,10-11,17H,5H2,1-4H3,(H,20,21)/t7-,8-,10-,11-/m1/s1. The molecular formula is C15H21NO6S. The van der Waals surface area contributed by atoms with Gasteiger partial charge >= 0.3 is 11.9 Å². The molecule has 23 heavy (non-hydrogen) atoms. The summed E-state index contributed by atoms with van der Waals surface area (Å²) in [5.41, 5.74) is -0.0771. The van der Waals surface area contributed by atoms with Crippen LogP contribution in [0.3, 0.4) is 0 Å². The van der Waals surface area contributed by atoms with Crippen LogP contribution in [0.25, 0.3) is 0 Å². The van der Waals surface area contributed by atoms with E-state index < -0.39 is 24.0 Å². The number of carbonyl (C=O) groups excluding carboxylic acids is 2. The average molecular weight is 343 g/mol. The van der Waals surface area contributed by atoms with Crippen LogP contribution >= 0.6 is 11.8 Å². The smallest absolute Gasteiger partial charge is 0.353 e. The number of aliphatic hydroxyl groups is 1. The quantitative estimate of drug-likeness (QED) is 0.543. The molecule has 0 aromatic carbocycles. The summed E-state index contributed by atoms with van der Waals surface area (Å²) < 4.78 is 5.04. The van der Waals surface area contributed by atoms with Gasteiger partial charge in [0.2, 0.25) is 5.91 Å². The fourth-order valence-electron chi connectivity index (χ4n) is 3.15. The Morgan fingerprint density at radius 2 is 1.96 bits per heavy atom. The fourth-order valence-corrected chi connectivity index (χ4v) is 4.22. The molecule has 0 radical (unpaired) electrons. The van der Waals surface area contributed by atoms with Gasteiger partial charge in [-0.05, 0) is 20.8 Å². The Morgan fingerprint density at radius 3 is 2.43 bits per heavy atom. The van der Waals surface area contributed by atoms with Gasteiger partial charge in [0.15, 0.2) is 0 Å². The Balaban J connectivity index is 2.19. The van der Waals surface area contributed by atoms with Crippen LogP contribution in [0, 0.1) is 11.8 Å². The molecule has 2 rings (SSSR count). The number of carboxylic acid groups (broad SMARTS) is 1. The van der Waals surface area contributed by atoms with Crippen molar-refractivity contribution in [3.05, 3.63) is 10.6 Å². The van der Waals surface area contributed by atoms with Crippen LogP contribution < -0.4 is 0 Å². The van der Waals surface area contributed by atoms with Crippen molar-refractivity contribution in [2.24, 2.45) is 11.8 Å². The second kappa shape index (κ2) is 6.52. The second-order valence-electron chi connectivity index (χ2n) is 6.10. The van der Waals surface area contributed by atoms with Crippen molar-refractivity contribution in [1.82, 2.24) is 4.90 Å². The lowest BCUT2D eigenvalue weighted by Crippen LogP contribution is -2.63. The van der Waals surface area contributed by atoms with E-state index in [9.17, 15) is 24.6 Å². The van der Waals surface area contributed by atoms with Gasteiger partial charge in [-0.2, -0.15) is 0 Å². The number of carboxylic acids is 1. The highest BCUT2D eigenvalue weighted by atomic mass is 32.2. The summed E-state index contributed by atoms with van der Waals surface area (Å²) >= 11 is 1.09. The maximum atomic E-state index is 12.1. The number of β-lactam (4-membered cyclic amide) rings is 1. The fraction of sp³-hybridized carbons (Fsp3) is 0.667. The maximum Gasteiger partial charge on any atom is 0.353 e. The van der Waals surface area contributed by atoms with Crippen molar-refractivity contribution < 1.29 is 29.3 Å². The van der Waals surface area contributed by atoms with Gasteiger partial charge in [0.1, 0.15) is 5.70 Å². The molecule has 8 heteroatoms. The van der Waals surface area contributed by atoms with E-state index in [1.165, 1.54) is 11.8 Å². The van der Waals surface area contributed by atoms with Crippen molar-refractivity contribution >= 4 is 29.6 Å². The van der Waals surface area contributed by atoms with Crippen molar-refractivity contribution in [1.29, 1.82) is 0 Å². The molecule has 2 aliphatic heterocycles. The highest BCUT2D eigenvalue weighted by Gasteiger charge is 2.59. The summed E-state index contributed by atoms with van der Waals surface area (Å²) in [6, 6.07) is -0.364. The van der Waals surface area contributed by atoms with E-state index in [1.54, 1.807) is 13.8 Å². The SMILES string of the molecule is CC(C)OC(=O)CSC1=C(C(=O)O)N2C(=O)[C@H]([C@@H](C)O)[C@H]2[C@H]1C. The van der Waals surface area contributed by atoms with Gasteiger partial charge in [0, 0.05) is 10.8 Å². The lowest BCUT2D eigenvalue weighted by molar-refractivity contribution is -0.163. The zero-order valence-corrected chi connectivity index (χ0v) is 14.3. The van der Waals surface area contributed by atoms with E-state index >= 15 is 0 Å². The number of fused-ring (bicyclic) bond motifs is 1. The van der Waals surface area contributed by atoms with Crippen molar-refractivity contribution in [3.8, 4) is 0 Å². The van der Waals surface area contributed by atoms with Gasteiger partial charge in [-0.25, -0.2) is 4.79 Å². The minimum atomic E-state index is -1.20. The normalized spacial score (nSPS) is 27.8. The number of hydrogen-bond donors (Lipinski definition) is 2. The molecule has 0 unspecified atom stereocenters. The summed E-state index contributed by atoms with van der Waals surface area (Å²) in [4.78, 5) is 37.1. The Morgan fingerprint density at radius 1 is 1.35 bits per heavy atom. The lowest BCUT2D eigenvalue weighted by atomic mass is 9.79. The van der Waals surface area contributed by atoms with Crippen LogP contribution in [0.1, 0.15) is 27.7 Å². The molecule has 2 N–H and O–H groups in total. The van der Waals surface area contributed by atoms with Crippen LogP contribution in [0.4, 0.5) is 0 Å². The van der Waals surface area contributed by atoms with E-state index in [1.807, 2.05) is 6.92 Å². The average Bonchev–Trinajstić information content (AvgIpc) is 2.65. The van der Waals surface area contributed by atoms with E-state index in [2.05, 4.69) is 0 Å². The number of ether oxygens (including phenoxy) is 1. The largest absolute Gasteiger partial charge is 0.477 e. The predicted molar refractivity (Wildman–Crippen MR) is 83.3 cm³/mol. The first-order valence-corrected chi connectivity index (χ1v) is 8.46. The van der Waals surface area contributed by atoms with Crippen LogP contribution in [-0.2, 0) is 19.1 Å². The van der Waals surface area contributed by atoms with Gasteiger partial charge in [-0.15, -0.1) is 11.8 Å². The Kier molecular flexibility index (Phi) is 5.05. The molecule has 128 valence electrons. The van der Waals surface area contributed by atoms with E-state index in [0.29, 0.717) is 4.91 Å². The van der Waals surface area contributed by atoms with Gasteiger partial charge in [-0.3, -0.25) is 9.59 Å². The number of thioether (sulfide) groups is 1. The van der Waals surface area contributed by atoms with Gasteiger partial charge in [0.25, 0.3) is 0 Å². The number of nitrogens with zero attached hydrogens (tertiary/aromatic N) is 1. The molecule has 2 heterocycles. The molecule has 1 saturated heterocycles. The number of rotatable bonds is 6. The highest BCUT2D eigenvalue weighted by Crippen LogP contribution is 2.50. The summed E-state index contributed by atoms with van der Waals surface area (Å²) in [6.45, 7) is 6.81. The van der Waals surface area contributed by atoms with E-state index in [0.717, 1.165) is 11.8 Å². The number of aliphatic carboxylic acids is 1. The lowest BCUT2D eigenvalue weighted by Gasteiger charge is -2.46. The molecule has 0 saturated carbocycles. The van der Waals surface area contributed by atoms with Gasteiger partial charge < -0.3 is 19.8 Å². The molecule has 4 atom stereocenters. The Bertz CT molecular complexity index is 570. The Labute approximate surface area is 138 Å². The zero-order valence-electron chi connectivity index (χ0n) is 13.5. The maximum absolute atomic E-state index is 12.1. The molecular weight excluding hydrogens is 322 g/mol. The molecule has 0 bridgehead atoms. The second-order valence-corrected chi connectivity index (χ2v) is 7.12. The van der Waals surface area contributed by atoms with Crippen LogP contribution in [0.15, 0.2) is 10.6 Å². The highest BCUT2D eigenvalue weighted by molar-refractivity contribution is 8.03. The van der Waals surface area contributed by atoms with E-state index in [-0.39, 0.29) is 35.4 Å². The molecule has 7 nitrogen and oxygen atoms in total. The predicted octanol–water partition coefficient (Wildman–Crippen LogP) is 0.825. The zero-order chi connectivity index (χ0) is 17.5. The molecule has 1 fully saturated rings. The minimum absolute atomic E-state index is 0.0112. The number of carbonyl (C=O) groups is 3. The monoisotopic (exact) mass is 343 g/mol. The number of amides is 1. The molecule has 1 amide bonds. The van der Waals surface area contributed by atoms with Gasteiger partial charge in [0.05, 0.1) is 29.9 Å². The third-order valence-electron chi connectivity index (χ3n) is 4.02. The topological polar surface area (TPSA) is 104 Å². The van der Waals surface area contributed by atoms with Crippen molar-refractivity contribution in [2.45, 2.75) is 45.9 Å². The minimum Gasteiger partial charge on any atom is -0.477 e. The molecule has 2 aliphatic rings. The molecule has 0 aliphatic carbocycles. The third-order valence-corrected chi connectivity index (χ3v) is 5.28. The molecule has 0 spiro atoms. The summed E-state index contributed by atoms with van der Waals surface area (Å²) in [5.74, 6) is -2.86. The first kappa shape index (κ1) is 17.8. The summed E-state index contributed by atoms with van der Waals surface area (Å²) in [7, 11) is 0. The molecule has 0 aromatic rings. The molecule has 0 aromatic heterocycles. The summed E-state index contributed by atoms with van der Waals surface area (Å²) in [6.07, 6.45) is -1.07. The Hall–Kier alpha value is -1.54. The first-order chi connectivity index (χ1) is 10.7. The van der Waals surface area contributed by atoms with Crippen LogP contribution in [0.5, 0.6) is 0 Å². The van der Waals surface area contributed by atoms with Crippen LogP contribution in [-0.4, -0.2) is 57.0 Å².